The first-order chi connectivity index (χ1) is 18.4. The Balaban J connectivity index is 1.63. The van der Waals surface area contributed by atoms with Gasteiger partial charge in [0.15, 0.2) is 16.9 Å². The van der Waals surface area contributed by atoms with E-state index in [1.54, 1.807) is 49.1 Å². The zero-order valence-electron chi connectivity index (χ0n) is 21.4. The van der Waals surface area contributed by atoms with Crippen molar-refractivity contribution in [2.24, 2.45) is 12.8 Å². The molecular formula is C28H29N7O3. The normalized spacial score (nSPS) is 15.3. The van der Waals surface area contributed by atoms with Gasteiger partial charge in [0.05, 0.1) is 13.1 Å². The summed E-state index contributed by atoms with van der Waals surface area (Å²) >= 11 is 0. The number of hydrogen-bond donors (Lipinski definition) is 1. The molecule has 10 heteroatoms. The first-order valence-electron chi connectivity index (χ1n) is 12.5. The molecule has 1 aliphatic heterocycles. The van der Waals surface area contributed by atoms with Crippen LogP contribution in [0.15, 0.2) is 58.4 Å². The Hall–Kier alpha value is -4.49. The van der Waals surface area contributed by atoms with Crippen LogP contribution in [0.1, 0.15) is 30.1 Å². The second-order valence-electron chi connectivity index (χ2n) is 9.39. The first kappa shape index (κ1) is 25.2. The summed E-state index contributed by atoms with van der Waals surface area (Å²) in [7, 11) is 1.56. The molecule has 0 aliphatic carbocycles. The number of carbonyl (C=O) groups excluding carboxylic acids is 1. The molecule has 3 aromatic heterocycles. The third-order valence-electron chi connectivity index (χ3n) is 6.87. The van der Waals surface area contributed by atoms with Gasteiger partial charge in [-0.05, 0) is 31.4 Å². The van der Waals surface area contributed by atoms with Crippen LogP contribution in [-0.4, -0.2) is 48.6 Å². The van der Waals surface area contributed by atoms with E-state index in [9.17, 15) is 14.4 Å². The lowest BCUT2D eigenvalue weighted by atomic mass is 9.98. The maximum Gasteiger partial charge on any atom is 0.332 e. The van der Waals surface area contributed by atoms with Gasteiger partial charge >= 0.3 is 5.69 Å². The molecule has 0 spiro atoms. The van der Waals surface area contributed by atoms with E-state index in [4.69, 9.17) is 10.7 Å². The fourth-order valence-corrected chi connectivity index (χ4v) is 4.97. The van der Waals surface area contributed by atoms with E-state index in [0.717, 1.165) is 29.5 Å². The second-order valence-corrected chi connectivity index (χ2v) is 9.39. The number of carbonyl (C=O) groups is 1. The number of imidazole rings is 1. The Morgan fingerprint density at radius 1 is 1.16 bits per heavy atom. The van der Waals surface area contributed by atoms with E-state index in [1.807, 2.05) is 23.1 Å². The molecule has 1 atom stereocenters. The van der Waals surface area contributed by atoms with Gasteiger partial charge < -0.3 is 10.6 Å². The average molecular weight is 512 g/mol. The van der Waals surface area contributed by atoms with Crippen LogP contribution in [0, 0.1) is 11.8 Å². The summed E-state index contributed by atoms with van der Waals surface area (Å²) in [6.07, 6.45) is 5.15. The van der Waals surface area contributed by atoms with E-state index in [0.29, 0.717) is 23.6 Å². The summed E-state index contributed by atoms with van der Waals surface area (Å²) in [5.41, 5.74) is 7.38. The zero-order chi connectivity index (χ0) is 26.8. The predicted molar refractivity (Wildman–Crippen MR) is 146 cm³/mol. The minimum Gasteiger partial charge on any atom is -0.341 e. The van der Waals surface area contributed by atoms with Gasteiger partial charge in [0, 0.05) is 49.7 Å². The fraction of sp³-hybridized carbons (Fsp3) is 0.321. The Kier molecular flexibility index (Phi) is 6.94. The van der Waals surface area contributed by atoms with Gasteiger partial charge in [0.2, 0.25) is 5.95 Å². The number of piperidine rings is 1. The van der Waals surface area contributed by atoms with Gasteiger partial charge in [-0.2, -0.15) is 4.98 Å². The number of hydrogen-bond acceptors (Lipinski definition) is 7. The molecule has 5 rings (SSSR count). The Bertz CT molecular complexity index is 1690. The zero-order valence-corrected chi connectivity index (χ0v) is 21.4. The largest absolute Gasteiger partial charge is 0.341 e. The minimum atomic E-state index is -0.608. The Morgan fingerprint density at radius 3 is 2.71 bits per heavy atom. The van der Waals surface area contributed by atoms with E-state index >= 15 is 0 Å². The number of fused-ring (bicyclic) bond motifs is 1. The van der Waals surface area contributed by atoms with E-state index in [2.05, 4.69) is 16.8 Å². The van der Waals surface area contributed by atoms with Gasteiger partial charge in [0.25, 0.3) is 5.56 Å². The number of nitrogens with zero attached hydrogens (tertiary/aromatic N) is 6. The highest BCUT2D eigenvalue weighted by atomic mass is 16.2. The van der Waals surface area contributed by atoms with Crippen LogP contribution in [0.4, 0.5) is 5.95 Å². The number of pyridine rings is 1. The monoisotopic (exact) mass is 511 g/mol. The van der Waals surface area contributed by atoms with Gasteiger partial charge in [-0.3, -0.25) is 28.3 Å². The highest BCUT2D eigenvalue weighted by molar-refractivity contribution is 6.02. The van der Waals surface area contributed by atoms with E-state index < -0.39 is 17.8 Å². The molecule has 1 saturated heterocycles. The van der Waals surface area contributed by atoms with Crippen molar-refractivity contribution >= 4 is 22.9 Å². The number of Topliss-reactive ketones (excluding diaryl/α,β-unsaturated/α-hetero) is 1. The fourth-order valence-electron chi connectivity index (χ4n) is 4.97. The lowest BCUT2D eigenvalue weighted by molar-refractivity contribution is 0.0969. The van der Waals surface area contributed by atoms with Crippen molar-refractivity contribution in [3.63, 3.8) is 0 Å². The third-order valence-corrected chi connectivity index (χ3v) is 6.87. The van der Waals surface area contributed by atoms with Crippen molar-refractivity contribution in [1.82, 2.24) is 23.7 Å². The van der Waals surface area contributed by atoms with Crippen LogP contribution in [0.3, 0.4) is 0 Å². The van der Waals surface area contributed by atoms with Gasteiger partial charge in [0.1, 0.15) is 0 Å². The van der Waals surface area contributed by atoms with Crippen LogP contribution in [0.2, 0.25) is 0 Å². The van der Waals surface area contributed by atoms with Gasteiger partial charge in [-0.1, -0.05) is 36.3 Å². The Morgan fingerprint density at radius 2 is 1.97 bits per heavy atom. The molecule has 0 amide bonds. The summed E-state index contributed by atoms with van der Waals surface area (Å²) in [5, 5.41) is 0. The van der Waals surface area contributed by atoms with Crippen LogP contribution >= 0.6 is 0 Å². The summed E-state index contributed by atoms with van der Waals surface area (Å²) in [4.78, 5) is 51.5. The SMILES string of the molecule is CC#CCn1c(N2CCC[C@@H](N)C2)nc2c1c(=O)n(CC(=O)c1ccccc1-c1cccnc1)c(=O)n2C. The summed E-state index contributed by atoms with van der Waals surface area (Å²) in [6.45, 7) is 2.87. The van der Waals surface area contributed by atoms with Crippen LogP contribution < -0.4 is 21.9 Å². The van der Waals surface area contributed by atoms with E-state index in [1.165, 1.54) is 4.57 Å². The topological polar surface area (TPSA) is 121 Å². The third kappa shape index (κ3) is 4.53. The maximum absolute atomic E-state index is 13.8. The van der Waals surface area contributed by atoms with Crippen molar-refractivity contribution in [3.05, 3.63) is 75.2 Å². The molecule has 194 valence electrons. The van der Waals surface area contributed by atoms with Crippen molar-refractivity contribution in [2.45, 2.75) is 38.9 Å². The molecule has 0 unspecified atom stereocenters. The molecule has 0 bridgehead atoms. The van der Waals surface area contributed by atoms with E-state index in [-0.39, 0.29) is 29.5 Å². The lowest BCUT2D eigenvalue weighted by Crippen LogP contribution is -2.44. The highest BCUT2D eigenvalue weighted by Gasteiger charge is 2.27. The van der Waals surface area contributed by atoms with Crippen molar-refractivity contribution in [1.29, 1.82) is 0 Å². The number of rotatable bonds is 6. The van der Waals surface area contributed by atoms with Crippen LogP contribution in [0.5, 0.6) is 0 Å². The molecule has 1 fully saturated rings. The molecule has 38 heavy (non-hydrogen) atoms. The summed E-state index contributed by atoms with van der Waals surface area (Å²) < 4.78 is 4.03. The van der Waals surface area contributed by atoms with Crippen molar-refractivity contribution in [3.8, 4) is 23.0 Å². The molecule has 4 aromatic rings. The van der Waals surface area contributed by atoms with Crippen molar-refractivity contribution in [2.75, 3.05) is 18.0 Å². The molecular weight excluding hydrogens is 482 g/mol. The molecule has 2 N–H and O–H groups in total. The molecule has 1 aromatic carbocycles. The summed E-state index contributed by atoms with van der Waals surface area (Å²) in [6, 6.07) is 10.7. The standard InChI is InChI=1S/C28H29N7O3/c1-3-4-15-34-24-25(31-27(34)33-14-8-10-20(29)17-33)32(2)28(38)35(26(24)37)18-23(36)22-12-6-5-11-21(22)19-9-7-13-30-16-19/h5-7,9,11-13,16,20H,8,10,14-15,17-18,29H2,1-2H3/t20-/m1/s1. The molecule has 0 radical (unpaired) electrons. The van der Waals surface area contributed by atoms with Crippen LogP contribution in [0.25, 0.3) is 22.3 Å². The van der Waals surface area contributed by atoms with Crippen molar-refractivity contribution < 1.29 is 4.79 Å². The molecule has 4 heterocycles. The van der Waals surface area contributed by atoms with Crippen LogP contribution in [-0.2, 0) is 20.1 Å². The second kappa shape index (κ2) is 10.5. The van der Waals surface area contributed by atoms with Gasteiger partial charge in [-0.25, -0.2) is 4.79 Å². The van der Waals surface area contributed by atoms with Gasteiger partial charge in [-0.15, -0.1) is 5.92 Å². The number of aryl methyl sites for hydroxylation is 1. The number of ketones is 1. The first-order valence-corrected chi connectivity index (χ1v) is 12.5. The maximum atomic E-state index is 13.8. The minimum absolute atomic E-state index is 0.00717. The Labute approximate surface area is 219 Å². The number of benzene rings is 1. The molecule has 1 aliphatic rings. The molecule has 0 saturated carbocycles. The number of anilines is 1. The number of aromatic nitrogens is 5. The molecule has 10 nitrogen and oxygen atoms in total. The summed E-state index contributed by atoms with van der Waals surface area (Å²) in [5.74, 6) is 6.08. The smallest absolute Gasteiger partial charge is 0.332 e. The average Bonchev–Trinajstić information content (AvgIpc) is 3.33. The quantitative estimate of drug-likeness (QED) is 0.309. The number of nitrogens with two attached hydrogens (primary N) is 1. The highest BCUT2D eigenvalue weighted by Crippen LogP contribution is 2.24. The predicted octanol–water partition coefficient (Wildman–Crippen LogP) is 1.79. The lowest BCUT2D eigenvalue weighted by Gasteiger charge is -2.31.